The summed E-state index contributed by atoms with van der Waals surface area (Å²) < 4.78 is 0. The van der Waals surface area contributed by atoms with Crippen LogP contribution in [0.25, 0.3) is 0 Å². The van der Waals surface area contributed by atoms with Gasteiger partial charge in [0.15, 0.2) is 0 Å². The number of hydrogen-bond donors (Lipinski definition) is 2. The van der Waals surface area contributed by atoms with Crippen LogP contribution in [-0.4, -0.2) is 18.1 Å². The molecule has 2 amide bonds. The molecule has 0 spiro atoms. The minimum Gasteiger partial charge on any atom is -0.336 e. The van der Waals surface area contributed by atoms with E-state index in [2.05, 4.69) is 24.5 Å². The smallest absolute Gasteiger partial charge is 0.315 e. The van der Waals surface area contributed by atoms with Crippen LogP contribution in [-0.2, 0) is 0 Å². The van der Waals surface area contributed by atoms with E-state index < -0.39 is 0 Å². The van der Waals surface area contributed by atoms with E-state index in [1.807, 2.05) is 0 Å². The molecule has 1 atom stereocenters. The van der Waals surface area contributed by atoms with Crippen LogP contribution in [0.5, 0.6) is 0 Å². The van der Waals surface area contributed by atoms with Gasteiger partial charge in [-0.15, -0.1) is 0 Å². The van der Waals surface area contributed by atoms with Crippen LogP contribution >= 0.6 is 0 Å². The zero-order valence-corrected chi connectivity index (χ0v) is 10.0. The summed E-state index contributed by atoms with van der Waals surface area (Å²) >= 11 is 0. The van der Waals surface area contributed by atoms with Gasteiger partial charge in [-0.1, -0.05) is 32.6 Å². The predicted octanol–water partition coefficient (Wildman–Crippen LogP) is 2.81. The lowest BCUT2D eigenvalue weighted by Gasteiger charge is -2.24. The fourth-order valence-electron chi connectivity index (χ4n) is 2.20. The van der Waals surface area contributed by atoms with E-state index >= 15 is 0 Å². The number of nitrogens with one attached hydrogen (secondary N) is 2. The molecule has 0 radical (unpaired) electrons. The molecule has 1 fully saturated rings. The summed E-state index contributed by atoms with van der Waals surface area (Å²) in [6, 6.07) is 0.717. The third-order valence-electron chi connectivity index (χ3n) is 3.04. The van der Waals surface area contributed by atoms with Crippen LogP contribution in [0.15, 0.2) is 0 Å². The first-order valence-electron chi connectivity index (χ1n) is 6.29. The molecular formula is C12H24N2O. The van der Waals surface area contributed by atoms with Crippen LogP contribution < -0.4 is 10.6 Å². The SMILES string of the molecule is CCCC(C)NC(=O)NC1CCCCC1. The Morgan fingerprint density at radius 2 is 2.00 bits per heavy atom. The second kappa shape index (κ2) is 6.70. The minimum absolute atomic E-state index is 0.0165. The second-order valence-electron chi connectivity index (χ2n) is 4.64. The molecule has 0 bridgehead atoms. The monoisotopic (exact) mass is 212 g/mol. The normalized spacial score (nSPS) is 19.6. The number of urea groups is 1. The Balaban J connectivity index is 2.16. The first-order chi connectivity index (χ1) is 7.22. The van der Waals surface area contributed by atoms with Crippen LogP contribution in [0.3, 0.4) is 0 Å². The molecule has 1 saturated carbocycles. The highest BCUT2D eigenvalue weighted by Crippen LogP contribution is 2.17. The summed E-state index contributed by atoms with van der Waals surface area (Å²) in [7, 11) is 0. The highest BCUT2D eigenvalue weighted by atomic mass is 16.2. The molecule has 3 nitrogen and oxygen atoms in total. The predicted molar refractivity (Wildman–Crippen MR) is 62.9 cm³/mol. The lowest BCUT2D eigenvalue weighted by molar-refractivity contribution is 0.229. The molecule has 1 rings (SSSR count). The maximum atomic E-state index is 11.6. The fraction of sp³-hybridized carbons (Fsp3) is 0.917. The Morgan fingerprint density at radius 1 is 1.33 bits per heavy atom. The summed E-state index contributed by atoms with van der Waals surface area (Å²) in [6.07, 6.45) is 8.31. The average Bonchev–Trinajstić information content (AvgIpc) is 2.19. The minimum atomic E-state index is 0.0165. The quantitative estimate of drug-likeness (QED) is 0.739. The van der Waals surface area contributed by atoms with Gasteiger partial charge in [-0.3, -0.25) is 0 Å². The van der Waals surface area contributed by atoms with Crippen molar-refractivity contribution in [2.45, 2.75) is 70.9 Å². The largest absolute Gasteiger partial charge is 0.336 e. The summed E-state index contributed by atoms with van der Waals surface area (Å²) in [4.78, 5) is 11.6. The highest BCUT2D eigenvalue weighted by Gasteiger charge is 2.16. The van der Waals surface area contributed by atoms with Crippen molar-refractivity contribution in [3.8, 4) is 0 Å². The molecular weight excluding hydrogens is 188 g/mol. The zero-order chi connectivity index (χ0) is 11.1. The Hall–Kier alpha value is -0.730. The molecule has 1 aliphatic rings. The van der Waals surface area contributed by atoms with Crippen LogP contribution in [0.4, 0.5) is 4.79 Å². The molecule has 0 saturated heterocycles. The van der Waals surface area contributed by atoms with Gasteiger partial charge in [-0.25, -0.2) is 4.79 Å². The molecule has 1 unspecified atom stereocenters. The summed E-state index contributed by atoms with van der Waals surface area (Å²) in [5.74, 6) is 0. The molecule has 0 aromatic rings. The highest BCUT2D eigenvalue weighted by molar-refractivity contribution is 5.74. The fourth-order valence-corrected chi connectivity index (χ4v) is 2.20. The van der Waals surface area contributed by atoms with Gasteiger partial charge in [0.1, 0.15) is 0 Å². The first-order valence-corrected chi connectivity index (χ1v) is 6.29. The van der Waals surface area contributed by atoms with Crippen LogP contribution in [0.1, 0.15) is 58.8 Å². The molecule has 0 aromatic carbocycles. The van der Waals surface area contributed by atoms with E-state index in [4.69, 9.17) is 0 Å². The maximum Gasteiger partial charge on any atom is 0.315 e. The molecule has 0 aromatic heterocycles. The second-order valence-corrected chi connectivity index (χ2v) is 4.64. The third kappa shape index (κ3) is 5.05. The Morgan fingerprint density at radius 3 is 2.60 bits per heavy atom. The lowest BCUT2D eigenvalue weighted by atomic mass is 9.96. The number of rotatable bonds is 4. The maximum absolute atomic E-state index is 11.6. The molecule has 1 aliphatic carbocycles. The van der Waals surface area contributed by atoms with Crippen molar-refractivity contribution in [3.63, 3.8) is 0 Å². The Bertz CT molecular complexity index is 188. The average molecular weight is 212 g/mol. The lowest BCUT2D eigenvalue weighted by Crippen LogP contribution is -2.45. The molecule has 0 heterocycles. The van der Waals surface area contributed by atoms with E-state index in [0.29, 0.717) is 12.1 Å². The van der Waals surface area contributed by atoms with Crippen molar-refractivity contribution in [1.29, 1.82) is 0 Å². The van der Waals surface area contributed by atoms with Crippen molar-refractivity contribution >= 4 is 6.03 Å². The molecule has 88 valence electrons. The number of amides is 2. The van der Waals surface area contributed by atoms with Crippen molar-refractivity contribution in [3.05, 3.63) is 0 Å². The van der Waals surface area contributed by atoms with Crippen molar-refractivity contribution in [2.24, 2.45) is 0 Å². The summed E-state index contributed by atoms with van der Waals surface area (Å²) in [5.41, 5.74) is 0. The van der Waals surface area contributed by atoms with Gasteiger partial charge in [-0.05, 0) is 26.2 Å². The van der Waals surface area contributed by atoms with E-state index in [-0.39, 0.29) is 6.03 Å². The van der Waals surface area contributed by atoms with Gasteiger partial charge < -0.3 is 10.6 Å². The van der Waals surface area contributed by atoms with E-state index in [0.717, 1.165) is 25.7 Å². The van der Waals surface area contributed by atoms with Crippen LogP contribution in [0.2, 0.25) is 0 Å². The zero-order valence-electron chi connectivity index (χ0n) is 10.0. The van der Waals surface area contributed by atoms with Crippen molar-refractivity contribution < 1.29 is 4.79 Å². The third-order valence-corrected chi connectivity index (χ3v) is 3.04. The van der Waals surface area contributed by atoms with Gasteiger partial charge in [0.05, 0.1) is 0 Å². The van der Waals surface area contributed by atoms with Gasteiger partial charge >= 0.3 is 6.03 Å². The molecule has 15 heavy (non-hydrogen) atoms. The van der Waals surface area contributed by atoms with E-state index in [1.54, 1.807) is 0 Å². The summed E-state index contributed by atoms with van der Waals surface area (Å²) in [5, 5.41) is 6.04. The molecule has 0 aliphatic heterocycles. The van der Waals surface area contributed by atoms with Gasteiger partial charge in [-0.2, -0.15) is 0 Å². The van der Waals surface area contributed by atoms with Crippen molar-refractivity contribution in [2.75, 3.05) is 0 Å². The molecule has 2 N–H and O–H groups in total. The topological polar surface area (TPSA) is 41.1 Å². The Labute approximate surface area is 93.0 Å². The van der Waals surface area contributed by atoms with Crippen molar-refractivity contribution in [1.82, 2.24) is 10.6 Å². The number of hydrogen-bond acceptors (Lipinski definition) is 1. The standard InChI is InChI=1S/C12H24N2O/c1-3-7-10(2)13-12(15)14-11-8-5-4-6-9-11/h10-11H,3-9H2,1-2H3,(H2,13,14,15). The number of carbonyl (C=O) groups excluding carboxylic acids is 1. The van der Waals surface area contributed by atoms with E-state index in [9.17, 15) is 4.79 Å². The van der Waals surface area contributed by atoms with Gasteiger partial charge in [0.25, 0.3) is 0 Å². The molecule has 3 heteroatoms. The van der Waals surface area contributed by atoms with Gasteiger partial charge in [0, 0.05) is 12.1 Å². The van der Waals surface area contributed by atoms with E-state index in [1.165, 1.54) is 19.3 Å². The summed E-state index contributed by atoms with van der Waals surface area (Å²) in [6.45, 7) is 4.20. The van der Waals surface area contributed by atoms with Gasteiger partial charge in [0.2, 0.25) is 0 Å². The number of carbonyl (C=O) groups is 1. The first kappa shape index (κ1) is 12.3. The Kier molecular flexibility index (Phi) is 5.51. The van der Waals surface area contributed by atoms with Crippen LogP contribution in [0, 0.1) is 0 Å².